The number of methoxy groups -OCH3 is 1. The van der Waals surface area contributed by atoms with Crippen molar-refractivity contribution in [1.82, 2.24) is 0 Å². The van der Waals surface area contributed by atoms with Gasteiger partial charge in [0.05, 0.1) is 6.61 Å². The van der Waals surface area contributed by atoms with Crippen LogP contribution in [0.3, 0.4) is 0 Å². The van der Waals surface area contributed by atoms with Crippen molar-refractivity contribution in [3.63, 3.8) is 0 Å². The van der Waals surface area contributed by atoms with E-state index in [9.17, 15) is 4.79 Å². The normalized spacial score (nSPS) is 52.7. The Balaban J connectivity index is 1.66. The molecule has 0 spiro atoms. The second-order valence-electron chi connectivity index (χ2n) is 9.61. The van der Waals surface area contributed by atoms with Crippen LogP contribution in [0.5, 0.6) is 0 Å². The fourth-order valence-corrected chi connectivity index (χ4v) is 7.59. The van der Waals surface area contributed by atoms with E-state index in [2.05, 4.69) is 13.8 Å². The zero-order chi connectivity index (χ0) is 16.2. The van der Waals surface area contributed by atoms with Gasteiger partial charge >= 0.3 is 0 Å². The molecule has 4 aliphatic rings. The molecule has 0 aromatic carbocycles. The molecule has 0 bridgehead atoms. The molecule has 4 rings (SSSR count). The summed E-state index contributed by atoms with van der Waals surface area (Å²) in [6.45, 7) is 5.70. The summed E-state index contributed by atoms with van der Waals surface area (Å²) in [6, 6.07) is 0. The Morgan fingerprint density at radius 1 is 1.09 bits per heavy atom. The average Bonchev–Trinajstić information content (AvgIpc) is 2.84. The predicted molar refractivity (Wildman–Crippen MR) is 92.1 cm³/mol. The molecule has 23 heavy (non-hydrogen) atoms. The maximum Gasteiger partial charge on any atom is 0.139 e. The van der Waals surface area contributed by atoms with Gasteiger partial charge < -0.3 is 4.74 Å². The van der Waals surface area contributed by atoms with Gasteiger partial charge in [-0.05, 0) is 80.0 Å². The first-order valence-electron chi connectivity index (χ1n) is 10.0. The van der Waals surface area contributed by atoms with E-state index in [4.69, 9.17) is 4.74 Å². The highest BCUT2D eigenvalue weighted by molar-refractivity contribution is 5.87. The lowest BCUT2D eigenvalue weighted by atomic mass is 9.44. The molecular weight excluding hydrogens is 284 g/mol. The lowest BCUT2D eigenvalue weighted by Crippen LogP contribution is -2.56. The number of fused-ring (bicyclic) bond motifs is 5. The molecule has 7 atom stereocenters. The Morgan fingerprint density at radius 2 is 1.91 bits per heavy atom. The molecule has 0 aliphatic heterocycles. The molecule has 130 valence electrons. The minimum Gasteiger partial charge on any atom is -0.384 e. The third-order valence-corrected chi connectivity index (χ3v) is 8.75. The summed E-state index contributed by atoms with van der Waals surface area (Å²) in [6.07, 6.45) is 11.4. The van der Waals surface area contributed by atoms with Gasteiger partial charge in [-0.2, -0.15) is 0 Å². The largest absolute Gasteiger partial charge is 0.384 e. The second kappa shape index (κ2) is 5.58. The molecule has 0 saturated heterocycles. The molecule has 4 aliphatic carbocycles. The number of carbonyl (C=O) groups is 1. The van der Waals surface area contributed by atoms with Crippen molar-refractivity contribution in [2.75, 3.05) is 13.7 Å². The molecular formula is C21H34O2. The SMILES string of the molecule is COCC12CCC(C)CC1CCC1C3CCC(=O)C3(C)CCC12. The third-order valence-electron chi connectivity index (χ3n) is 8.75. The first-order chi connectivity index (χ1) is 11.0. The van der Waals surface area contributed by atoms with Crippen LogP contribution in [0, 0.1) is 40.4 Å². The number of Topliss-reactive ketones (excluding diaryl/α,β-unsaturated/α-hetero) is 1. The van der Waals surface area contributed by atoms with Crippen LogP contribution in [-0.4, -0.2) is 19.5 Å². The smallest absolute Gasteiger partial charge is 0.139 e. The number of hydrogen-bond donors (Lipinski definition) is 0. The highest BCUT2D eigenvalue weighted by atomic mass is 16.5. The van der Waals surface area contributed by atoms with E-state index in [-0.39, 0.29) is 5.41 Å². The Labute approximate surface area is 141 Å². The summed E-state index contributed by atoms with van der Waals surface area (Å²) in [5.41, 5.74) is 0.446. The average molecular weight is 319 g/mol. The first kappa shape index (κ1) is 16.1. The third kappa shape index (κ3) is 2.19. The topological polar surface area (TPSA) is 26.3 Å². The van der Waals surface area contributed by atoms with Crippen LogP contribution in [0.25, 0.3) is 0 Å². The van der Waals surface area contributed by atoms with Gasteiger partial charge in [-0.1, -0.05) is 20.3 Å². The molecule has 7 unspecified atom stereocenters. The van der Waals surface area contributed by atoms with Gasteiger partial charge in [-0.25, -0.2) is 0 Å². The van der Waals surface area contributed by atoms with Crippen molar-refractivity contribution in [1.29, 1.82) is 0 Å². The van der Waals surface area contributed by atoms with E-state index >= 15 is 0 Å². The quantitative estimate of drug-likeness (QED) is 0.726. The predicted octanol–water partition coefficient (Wildman–Crippen LogP) is 4.86. The number of ketones is 1. The van der Waals surface area contributed by atoms with Crippen LogP contribution in [-0.2, 0) is 9.53 Å². The molecule has 0 amide bonds. The summed E-state index contributed by atoms with van der Waals surface area (Å²) < 4.78 is 5.82. The van der Waals surface area contributed by atoms with Crippen LogP contribution in [0.4, 0.5) is 0 Å². The summed E-state index contributed by atoms with van der Waals surface area (Å²) >= 11 is 0. The van der Waals surface area contributed by atoms with Gasteiger partial charge in [0.1, 0.15) is 5.78 Å². The van der Waals surface area contributed by atoms with Crippen molar-refractivity contribution in [3.05, 3.63) is 0 Å². The van der Waals surface area contributed by atoms with Gasteiger partial charge in [0.2, 0.25) is 0 Å². The second-order valence-corrected chi connectivity index (χ2v) is 9.61. The number of ether oxygens (including phenoxy) is 1. The maximum atomic E-state index is 12.5. The van der Waals surface area contributed by atoms with Gasteiger partial charge in [-0.15, -0.1) is 0 Å². The van der Waals surface area contributed by atoms with Crippen LogP contribution < -0.4 is 0 Å². The molecule has 2 nitrogen and oxygen atoms in total. The van der Waals surface area contributed by atoms with Crippen LogP contribution in [0.1, 0.15) is 71.6 Å². The lowest BCUT2D eigenvalue weighted by Gasteiger charge is -2.61. The molecule has 2 heteroatoms. The fourth-order valence-electron chi connectivity index (χ4n) is 7.59. The standard InChI is InChI=1S/C21H34O2/c1-14-8-11-21(13-23-3)15(12-14)4-5-16-17-6-7-19(22)20(17,2)10-9-18(16)21/h14-18H,4-13H2,1-3H3. The van der Waals surface area contributed by atoms with Gasteiger partial charge in [0.25, 0.3) is 0 Å². The van der Waals surface area contributed by atoms with Crippen molar-refractivity contribution < 1.29 is 9.53 Å². The number of rotatable bonds is 2. The fraction of sp³-hybridized carbons (Fsp3) is 0.952. The Kier molecular flexibility index (Phi) is 3.91. The van der Waals surface area contributed by atoms with E-state index in [1.165, 1.54) is 44.9 Å². The number of carbonyl (C=O) groups excluding carboxylic acids is 1. The van der Waals surface area contributed by atoms with E-state index in [1.54, 1.807) is 0 Å². The summed E-state index contributed by atoms with van der Waals surface area (Å²) in [7, 11) is 1.90. The van der Waals surface area contributed by atoms with Crippen LogP contribution >= 0.6 is 0 Å². The monoisotopic (exact) mass is 318 g/mol. The van der Waals surface area contributed by atoms with Gasteiger partial charge in [0, 0.05) is 18.9 Å². The van der Waals surface area contributed by atoms with Gasteiger partial charge in [-0.3, -0.25) is 4.79 Å². The maximum absolute atomic E-state index is 12.5. The molecule has 4 fully saturated rings. The van der Waals surface area contributed by atoms with E-state index in [0.29, 0.717) is 17.1 Å². The Bertz CT molecular complexity index is 486. The summed E-state index contributed by atoms with van der Waals surface area (Å²) in [5, 5.41) is 0. The van der Waals surface area contributed by atoms with Crippen molar-refractivity contribution in [3.8, 4) is 0 Å². The summed E-state index contributed by atoms with van der Waals surface area (Å²) in [5.74, 6) is 4.61. The molecule has 0 radical (unpaired) electrons. The van der Waals surface area contributed by atoms with Crippen molar-refractivity contribution in [2.24, 2.45) is 40.4 Å². The molecule has 0 aromatic rings. The number of hydrogen-bond acceptors (Lipinski definition) is 2. The van der Waals surface area contributed by atoms with Crippen LogP contribution in [0.15, 0.2) is 0 Å². The van der Waals surface area contributed by atoms with Crippen molar-refractivity contribution >= 4 is 5.78 Å². The molecule has 4 saturated carbocycles. The zero-order valence-corrected chi connectivity index (χ0v) is 15.3. The Hall–Kier alpha value is -0.370. The zero-order valence-electron chi connectivity index (χ0n) is 15.3. The van der Waals surface area contributed by atoms with E-state index in [0.717, 1.165) is 43.1 Å². The highest BCUT2D eigenvalue weighted by Gasteiger charge is 2.61. The molecule has 0 aromatic heterocycles. The summed E-state index contributed by atoms with van der Waals surface area (Å²) in [4.78, 5) is 12.5. The minimum absolute atomic E-state index is 0.0181. The first-order valence-corrected chi connectivity index (χ1v) is 10.0. The van der Waals surface area contributed by atoms with Crippen LogP contribution in [0.2, 0.25) is 0 Å². The van der Waals surface area contributed by atoms with Crippen molar-refractivity contribution in [2.45, 2.75) is 71.6 Å². The molecule has 0 heterocycles. The van der Waals surface area contributed by atoms with E-state index < -0.39 is 0 Å². The minimum atomic E-state index is 0.0181. The van der Waals surface area contributed by atoms with Gasteiger partial charge in [0.15, 0.2) is 0 Å². The van der Waals surface area contributed by atoms with E-state index in [1.807, 2.05) is 7.11 Å². The highest BCUT2D eigenvalue weighted by Crippen LogP contribution is 2.66. The Morgan fingerprint density at radius 3 is 2.70 bits per heavy atom. The lowest BCUT2D eigenvalue weighted by molar-refractivity contribution is -0.154. The molecule has 0 N–H and O–H groups in total.